The number of carbonyl (C=O) groups excluding carboxylic acids is 1. The molecule has 6 nitrogen and oxygen atoms in total. The normalized spacial score (nSPS) is 36.6. The Balaban J connectivity index is 1.35. The van der Waals surface area contributed by atoms with Crippen LogP contribution in [0.15, 0.2) is 35.1 Å². The maximum absolute atomic E-state index is 11.8. The molecule has 148 valence electrons. The van der Waals surface area contributed by atoms with Crippen LogP contribution in [0.25, 0.3) is 0 Å². The van der Waals surface area contributed by atoms with Gasteiger partial charge in [-0.2, -0.15) is 0 Å². The molecule has 0 aromatic carbocycles. The molecular weight excluding hydrogens is 342 g/mol. The summed E-state index contributed by atoms with van der Waals surface area (Å²) in [6.45, 7) is 3.03. The van der Waals surface area contributed by atoms with Gasteiger partial charge in [-0.25, -0.2) is 0 Å². The average Bonchev–Trinajstić information content (AvgIpc) is 3.23. The van der Waals surface area contributed by atoms with Crippen LogP contribution < -0.4 is 10.6 Å². The van der Waals surface area contributed by atoms with Gasteiger partial charge < -0.3 is 15.5 Å². The van der Waals surface area contributed by atoms with Crippen LogP contribution in [0.3, 0.4) is 0 Å². The Morgan fingerprint density at radius 1 is 1.30 bits per heavy atom. The molecule has 0 saturated carbocycles. The van der Waals surface area contributed by atoms with Gasteiger partial charge in [0.1, 0.15) is 6.23 Å². The first-order valence-corrected chi connectivity index (χ1v) is 10.2. The third-order valence-electron chi connectivity index (χ3n) is 6.55. The zero-order valence-electron chi connectivity index (χ0n) is 16.0. The summed E-state index contributed by atoms with van der Waals surface area (Å²) in [6.07, 6.45) is 10.9. The number of hydrogen-bond acceptors (Lipinski definition) is 6. The number of fused-ring (bicyclic) bond motifs is 1. The standard InChI is InChI=1S/C21H31N3O3/c1-13(25)18-10-22-20-15(3-2-4-17(18)20)11-24-12-23-19(21(24)27)9-14-5-7-16(26)8-6-14/h3,5,10,16-17,19-23,26-27H,2,4,6-9,11-12H2,1H3/t16?,17-,19+,20?,21?/m1/s1. The molecule has 2 heterocycles. The van der Waals surface area contributed by atoms with Crippen molar-refractivity contribution < 1.29 is 15.0 Å². The van der Waals surface area contributed by atoms with E-state index < -0.39 is 6.23 Å². The lowest BCUT2D eigenvalue weighted by atomic mass is 9.80. The molecule has 0 bridgehead atoms. The Morgan fingerprint density at radius 2 is 2.15 bits per heavy atom. The van der Waals surface area contributed by atoms with Crippen molar-refractivity contribution >= 4 is 5.78 Å². The van der Waals surface area contributed by atoms with E-state index in [9.17, 15) is 15.0 Å². The molecule has 0 spiro atoms. The van der Waals surface area contributed by atoms with Gasteiger partial charge in [0.2, 0.25) is 0 Å². The van der Waals surface area contributed by atoms with Crippen molar-refractivity contribution in [3.8, 4) is 0 Å². The van der Waals surface area contributed by atoms with Gasteiger partial charge in [0.05, 0.1) is 24.9 Å². The summed E-state index contributed by atoms with van der Waals surface area (Å²) in [5, 5.41) is 27.3. The molecule has 0 aromatic heterocycles. The number of nitrogens with one attached hydrogen (secondary N) is 2. The third kappa shape index (κ3) is 3.90. The highest BCUT2D eigenvalue weighted by Gasteiger charge is 2.39. The second kappa shape index (κ2) is 7.87. The monoisotopic (exact) mass is 373 g/mol. The fraction of sp³-hybridized carbons (Fsp3) is 0.667. The minimum atomic E-state index is -0.513. The van der Waals surface area contributed by atoms with Crippen molar-refractivity contribution in [3.05, 3.63) is 35.1 Å². The fourth-order valence-corrected chi connectivity index (χ4v) is 4.96. The van der Waals surface area contributed by atoms with Crippen LogP contribution in [-0.4, -0.2) is 58.5 Å². The number of carbonyl (C=O) groups is 1. The number of aliphatic hydroxyl groups excluding tert-OH is 2. The first-order chi connectivity index (χ1) is 13.0. The molecule has 4 rings (SSSR count). The Morgan fingerprint density at radius 3 is 2.89 bits per heavy atom. The van der Waals surface area contributed by atoms with Crippen molar-refractivity contribution in [1.29, 1.82) is 0 Å². The van der Waals surface area contributed by atoms with Gasteiger partial charge in [0, 0.05) is 24.2 Å². The van der Waals surface area contributed by atoms with Crippen molar-refractivity contribution in [2.75, 3.05) is 13.2 Å². The second-order valence-corrected chi connectivity index (χ2v) is 8.39. The van der Waals surface area contributed by atoms with E-state index in [1.807, 2.05) is 6.20 Å². The van der Waals surface area contributed by atoms with Crippen LogP contribution >= 0.6 is 0 Å². The molecule has 1 saturated heterocycles. The zero-order chi connectivity index (χ0) is 19.0. The van der Waals surface area contributed by atoms with Crippen LogP contribution in [0, 0.1) is 5.92 Å². The summed E-state index contributed by atoms with van der Waals surface area (Å²) >= 11 is 0. The van der Waals surface area contributed by atoms with Gasteiger partial charge >= 0.3 is 0 Å². The maximum atomic E-state index is 11.8. The van der Waals surface area contributed by atoms with E-state index in [1.54, 1.807) is 6.92 Å². The Labute approximate surface area is 161 Å². The van der Waals surface area contributed by atoms with Crippen molar-refractivity contribution in [3.63, 3.8) is 0 Å². The van der Waals surface area contributed by atoms with Gasteiger partial charge in [-0.1, -0.05) is 17.7 Å². The van der Waals surface area contributed by atoms with Gasteiger partial charge in [-0.15, -0.1) is 0 Å². The van der Waals surface area contributed by atoms with E-state index in [0.717, 1.165) is 50.6 Å². The SMILES string of the molecule is CC(=O)C1=CNC2C(CN3CN[C@@H](CC4=CCC(O)CC4)C3O)=CCC[C@H]12. The van der Waals surface area contributed by atoms with Crippen LogP contribution in [0.2, 0.25) is 0 Å². The molecule has 2 aliphatic heterocycles. The summed E-state index contributed by atoms with van der Waals surface area (Å²) in [5.41, 5.74) is 3.53. The summed E-state index contributed by atoms with van der Waals surface area (Å²) in [6, 6.07) is 0.223. The van der Waals surface area contributed by atoms with Crippen molar-refractivity contribution in [2.45, 2.75) is 69.9 Å². The predicted octanol–water partition coefficient (Wildman–Crippen LogP) is 1.18. The van der Waals surface area contributed by atoms with E-state index in [4.69, 9.17) is 0 Å². The number of nitrogens with zero attached hydrogens (tertiary/aromatic N) is 1. The molecule has 4 aliphatic rings. The smallest absolute Gasteiger partial charge is 0.157 e. The van der Waals surface area contributed by atoms with Crippen LogP contribution in [-0.2, 0) is 4.79 Å². The summed E-state index contributed by atoms with van der Waals surface area (Å²) in [5.74, 6) is 0.426. The summed E-state index contributed by atoms with van der Waals surface area (Å²) < 4.78 is 0. The molecule has 0 radical (unpaired) electrons. The van der Waals surface area contributed by atoms with Crippen LogP contribution in [0.1, 0.15) is 45.4 Å². The van der Waals surface area contributed by atoms with E-state index >= 15 is 0 Å². The molecule has 4 N–H and O–H groups in total. The molecule has 0 aromatic rings. The molecule has 5 atom stereocenters. The first-order valence-electron chi connectivity index (χ1n) is 10.2. The Bertz CT molecular complexity index is 684. The van der Waals surface area contributed by atoms with Gasteiger partial charge in [-0.05, 0) is 51.0 Å². The fourth-order valence-electron chi connectivity index (χ4n) is 4.96. The molecule has 0 amide bonds. The topological polar surface area (TPSA) is 84.8 Å². The van der Waals surface area contributed by atoms with E-state index in [0.29, 0.717) is 6.67 Å². The molecule has 3 unspecified atom stereocenters. The van der Waals surface area contributed by atoms with Crippen LogP contribution in [0.4, 0.5) is 0 Å². The maximum Gasteiger partial charge on any atom is 0.157 e. The number of ketones is 1. The predicted molar refractivity (Wildman–Crippen MR) is 104 cm³/mol. The second-order valence-electron chi connectivity index (χ2n) is 8.39. The largest absolute Gasteiger partial charge is 0.393 e. The quantitative estimate of drug-likeness (QED) is 0.542. The minimum Gasteiger partial charge on any atom is -0.393 e. The molecular formula is C21H31N3O3. The summed E-state index contributed by atoms with van der Waals surface area (Å²) in [4.78, 5) is 13.9. The Hall–Kier alpha value is -1.47. The van der Waals surface area contributed by atoms with E-state index in [1.165, 1.54) is 11.1 Å². The summed E-state index contributed by atoms with van der Waals surface area (Å²) in [7, 11) is 0. The number of hydrogen-bond donors (Lipinski definition) is 4. The Kier molecular flexibility index (Phi) is 5.50. The van der Waals surface area contributed by atoms with Crippen molar-refractivity contribution in [2.24, 2.45) is 5.92 Å². The lowest BCUT2D eigenvalue weighted by Crippen LogP contribution is -2.42. The highest BCUT2D eigenvalue weighted by atomic mass is 16.3. The molecule has 6 heteroatoms. The lowest BCUT2D eigenvalue weighted by Gasteiger charge is -2.32. The number of allylic oxidation sites excluding steroid dienone is 1. The van der Waals surface area contributed by atoms with Gasteiger partial charge in [-0.3, -0.25) is 15.0 Å². The highest BCUT2D eigenvalue weighted by molar-refractivity contribution is 5.94. The van der Waals surface area contributed by atoms with E-state index in [-0.39, 0.29) is 29.9 Å². The van der Waals surface area contributed by atoms with Gasteiger partial charge in [0.25, 0.3) is 0 Å². The van der Waals surface area contributed by atoms with E-state index in [2.05, 4.69) is 27.7 Å². The molecule has 27 heavy (non-hydrogen) atoms. The lowest BCUT2D eigenvalue weighted by molar-refractivity contribution is -0.114. The first kappa shape index (κ1) is 18.9. The zero-order valence-corrected chi connectivity index (χ0v) is 16.0. The molecule has 1 fully saturated rings. The van der Waals surface area contributed by atoms with Crippen molar-refractivity contribution in [1.82, 2.24) is 15.5 Å². The third-order valence-corrected chi connectivity index (χ3v) is 6.55. The number of aliphatic hydroxyl groups is 2. The van der Waals surface area contributed by atoms with Gasteiger partial charge in [0.15, 0.2) is 5.78 Å². The highest BCUT2D eigenvalue weighted by Crippen LogP contribution is 2.35. The average molecular weight is 373 g/mol. The number of Topliss-reactive ketones (excluding diaryl/α,β-unsaturated/α-hetero) is 1. The minimum absolute atomic E-state index is 0.0360. The molecule has 2 aliphatic carbocycles. The number of rotatable bonds is 5. The van der Waals surface area contributed by atoms with Crippen LogP contribution in [0.5, 0.6) is 0 Å².